The lowest BCUT2D eigenvalue weighted by Crippen LogP contribution is -2.57. The summed E-state index contributed by atoms with van der Waals surface area (Å²) in [7, 11) is 0.596. The molecule has 0 radical (unpaired) electrons. The van der Waals surface area contributed by atoms with Crippen LogP contribution in [-0.2, 0) is 20.8 Å². The van der Waals surface area contributed by atoms with Gasteiger partial charge in [0.05, 0.1) is 31.4 Å². The van der Waals surface area contributed by atoms with Crippen LogP contribution >= 0.6 is 0 Å². The third-order valence-corrected chi connectivity index (χ3v) is 22.4. The van der Waals surface area contributed by atoms with Gasteiger partial charge in [-0.3, -0.25) is 9.80 Å². The van der Waals surface area contributed by atoms with E-state index in [9.17, 15) is 9.59 Å². The molecule has 9 rings (SSSR count). The van der Waals surface area contributed by atoms with Crippen LogP contribution in [0, 0.1) is 28.5 Å². The number of hydrogen-bond donors (Lipinski definition) is 0. The lowest BCUT2D eigenvalue weighted by atomic mass is 9.95. The van der Waals surface area contributed by atoms with Crippen molar-refractivity contribution < 1.29 is 46.8 Å². The zero-order chi connectivity index (χ0) is 55.0. The number of rotatable bonds is 16. The molecule has 2 bridgehead atoms. The van der Waals surface area contributed by atoms with Crippen LogP contribution in [0.2, 0.25) is 16.6 Å². The third-order valence-electron chi connectivity index (χ3n) is 16.1. The number of anilines is 1. The van der Waals surface area contributed by atoms with Crippen molar-refractivity contribution in [3.05, 3.63) is 77.4 Å². The molecule has 412 valence electrons. The lowest BCUT2D eigenvalue weighted by molar-refractivity contribution is 0.0122. The highest BCUT2D eigenvalue weighted by molar-refractivity contribution is 6.90. The number of nitrogens with zero attached hydrogens (tertiary/aromatic N) is 7. The molecule has 77 heavy (non-hydrogen) atoms. The topological polar surface area (TPSA) is 141 Å². The van der Waals surface area contributed by atoms with Gasteiger partial charge in [0.15, 0.2) is 12.6 Å². The number of halogens is 2. The average Bonchev–Trinajstić information content (AvgIpc) is 4.16. The molecule has 3 aliphatic heterocycles. The molecule has 0 spiro atoms. The number of methoxy groups -OCH3 is 2. The summed E-state index contributed by atoms with van der Waals surface area (Å²) in [5.74, 6) is 2.77. The maximum atomic E-state index is 18.4. The first-order chi connectivity index (χ1) is 36.7. The molecule has 2 amide bonds. The summed E-state index contributed by atoms with van der Waals surface area (Å²) in [4.78, 5) is 49.5. The van der Waals surface area contributed by atoms with Crippen molar-refractivity contribution in [1.29, 1.82) is 0 Å². The first-order valence-corrected chi connectivity index (χ1v) is 29.4. The monoisotopic (exact) mass is 1080 g/mol. The summed E-state index contributed by atoms with van der Waals surface area (Å²) in [6.07, 6.45) is 2.61. The van der Waals surface area contributed by atoms with E-state index in [1.54, 1.807) is 23.1 Å². The van der Waals surface area contributed by atoms with Gasteiger partial charge < -0.3 is 38.2 Å². The standard InChI is InChI=1S/C59H75F2N7O8Si/c1-37(2)77(38(3)4,39(5)6)28-21-45-47(60)20-17-41-29-44(75-36-71-10)30-46(48(41)45)51-50(61)52-49(54(62-51)72-11)53(67-31-42-18-19-43(32-67)68(42)57(70)76-58(7,8)9)64-55(63-52)74-35-59(22-23-59)34-65-24-26-66(27-25-65)56(69)73-33-40-15-13-12-14-16-40/h12-17,20,29-30,37-39,42-43H,18-19,22-27,31-36H2,1-11H3. The lowest BCUT2D eigenvalue weighted by Gasteiger charge is -2.42. The van der Waals surface area contributed by atoms with E-state index in [-0.39, 0.29) is 106 Å². The normalized spacial score (nSPS) is 18.5. The van der Waals surface area contributed by atoms with Crippen LogP contribution in [0.3, 0.4) is 0 Å². The molecule has 3 aromatic carbocycles. The average molecular weight is 1080 g/mol. The number of carbonyl (C=O) groups excluding carboxylic acids is 2. The van der Waals surface area contributed by atoms with Gasteiger partial charge >= 0.3 is 18.2 Å². The molecule has 15 nitrogen and oxygen atoms in total. The highest BCUT2D eigenvalue weighted by Gasteiger charge is 2.48. The van der Waals surface area contributed by atoms with Crippen molar-refractivity contribution in [1.82, 2.24) is 29.7 Å². The van der Waals surface area contributed by atoms with Gasteiger partial charge in [0.1, 0.15) is 54.3 Å². The van der Waals surface area contributed by atoms with Gasteiger partial charge in [-0.1, -0.05) is 83.9 Å². The molecule has 5 heterocycles. The van der Waals surface area contributed by atoms with Crippen LogP contribution in [0.25, 0.3) is 32.9 Å². The minimum atomic E-state index is -2.38. The smallest absolute Gasteiger partial charge is 0.410 e. The van der Waals surface area contributed by atoms with Crippen LogP contribution in [0.4, 0.5) is 24.2 Å². The van der Waals surface area contributed by atoms with Crippen molar-refractivity contribution in [2.45, 2.75) is 129 Å². The van der Waals surface area contributed by atoms with Gasteiger partial charge in [-0.15, -0.1) is 5.54 Å². The Morgan fingerprint density at radius 1 is 0.831 bits per heavy atom. The molecule has 2 atom stereocenters. The fourth-order valence-electron chi connectivity index (χ4n) is 12.1. The van der Waals surface area contributed by atoms with Crippen molar-refractivity contribution in [3.8, 4) is 40.4 Å². The van der Waals surface area contributed by atoms with Gasteiger partial charge in [-0.05, 0) is 92.2 Å². The van der Waals surface area contributed by atoms with Crippen LogP contribution in [0.5, 0.6) is 17.6 Å². The number of ether oxygens (including phenoxy) is 6. The van der Waals surface area contributed by atoms with Crippen LogP contribution in [0.1, 0.15) is 99.1 Å². The first-order valence-electron chi connectivity index (χ1n) is 27.2. The van der Waals surface area contributed by atoms with E-state index < -0.39 is 25.3 Å². The summed E-state index contributed by atoms with van der Waals surface area (Å²) in [6.45, 7) is 23.1. The quantitative estimate of drug-likeness (QED) is 0.0526. The number of fused-ring (bicyclic) bond motifs is 4. The molecule has 2 unspecified atom stereocenters. The molecule has 1 aliphatic carbocycles. The van der Waals surface area contributed by atoms with Crippen molar-refractivity contribution in [3.63, 3.8) is 0 Å². The highest BCUT2D eigenvalue weighted by Crippen LogP contribution is 2.48. The Balaban J connectivity index is 1.10. The van der Waals surface area contributed by atoms with Gasteiger partial charge in [0.25, 0.3) is 0 Å². The van der Waals surface area contributed by atoms with Crippen LogP contribution < -0.4 is 19.1 Å². The predicted octanol–water partition coefficient (Wildman–Crippen LogP) is 11.4. The summed E-state index contributed by atoms with van der Waals surface area (Å²) >= 11 is 0. The maximum Gasteiger partial charge on any atom is 0.410 e. The Kier molecular flexibility index (Phi) is 16.3. The van der Waals surface area contributed by atoms with E-state index in [1.807, 2.05) is 60.9 Å². The van der Waals surface area contributed by atoms with E-state index in [4.69, 9.17) is 43.4 Å². The third kappa shape index (κ3) is 11.6. The fraction of sp³-hybridized carbons (Fsp3) is 0.542. The Bertz CT molecular complexity index is 3010. The predicted molar refractivity (Wildman–Crippen MR) is 296 cm³/mol. The second-order valence-electron chi connectivity index (χ2n) is 23.3. The Morgan fingerprint density at radius 3 is 2.12 bits per heavy atom. The molecule has 0 N–H and O–H groups in total. The number of carbonyl (C=O) groups is 2. The summed E-state index contributed by atoms with van der Waals surface area (Å²) < 4.78 is 70.5. The molecule has 4 aliphatic rings. The fourth-order valence-corrected chi connectivity index (χ4v) is 17.3. The largest absolute Gasteiger partial charge is 0.480 e. The summed E-state index contributed by atoms with van der Waals surface area (Å²) in [5, 5.41) is 1.17. The van der Waals surface area contributed by atoms with Crippen LogP contribution in [-0.4, -0.2) is 141 Å². The number of piperazine rings is 2. The molecule has 2 aromatic heterocycles. The number of benzene rings is 3. The van der Waals surface area contributed by atoms with Crippen molar-refractivity contribution in [2.75, 3.05) is 78.3 Å². The minimum Gasteiger partial charge on any atom is -0.480 e. The summed E-state index contributed by atoms with van der Waals surface area (Å²) in [5.41, 5.74) is 4.69. The van der Waals surface area contributed by atoms with Gasteiger partial charge in [-0.2, -0.15) is 9.97 Å². The molecule has 18 heteroatoms. The zero-order valence-electron chi connectivity index (χ0n) is 46.6. The van der Waals surface area contributed by atoms with Gasteiger partial charge in [0.2, 0.25) is 5.88 Å². The number of aromatic nitrogens is 3. The SMILES string of the molecule is COCOc1cc(-c2nc(OC)c3c(N4CC5CCC(C4)N5C(=O)OC(C)(C)C)nc(OCC4(CN5CCN(C(=O)OCc6ccccc6)CC5)CC4)nc3c2F)c2c(C#C[Si](C(C)C)(C(C)C)C(C)C)c(F)ccc2c1. The molecular weight excluding hydrogens is 1000 g/mol. The maximum absolute atomic E-state index is 18.4. The van der Waals surface area contributed by atoms with Crippen LogP contribution in [0.15, 0.2) is 54.6 Å². The Hall–Kier alpha value is -6.29. The van der Waals surface area contributed by atoms with E-state index in [0.717, 1.165) is 37.8 Å². The molecule has 4 fully saturated rings. The molecule has 5 aromatic rings. The minimum absolute atomic E-state index is 0.0261. The van der Waals surface area contributed by atoms with E-state index >= 15 is 8.78 Å². The highest BCUT2D eigenvalue weighted by atomic mass is 28.3. The molecule has 3 saturated heterocycles. The first kappa shape index (κ1) is 55.5. The van der Waals surface area contributed by atoms with Gasteiger partial charge in [-0.25, -0.2) is 23.4 Å². The number of hydrogen-bond acceptors (Lipinski definition) is 13. The molecule has 1 saturated carbocycles. The second kappa shape index (κ2) is 22.6. The van der Waals surface area contributed by atoms with E-state index in [1.165, 1.54) is 20.3 Å². The second-order valence-corrected chi connectivity index (χ2v) is 28.9. The Labute approximate surface area is 452 Å². The molecular formula is C59H75F2N7O8Si. The Morgan fingerprint density at radius 2 is 1.51 bits per heavy atom. The van der Waals surface area contributed by atoms with Crippen molar-refractivity contribution >= 4 is 47.8 Å². The van der Waals surface area contributed by atoms with E-state index in [0.29, 0.717) is 61.6 Å². The summed E-state index contributed by atoms with van der Waals surface area (Å²) in [6, 6.07) is 15.6. The van der Waals surface area contributed by atoms with Crippen molar-refractivity contribution in [2.24, 2.45) is 5.41 Å². The number of amides is 2. The zero-order valence-corrected chi connectivity index (χ0v) is 47.6. The van der Waals surface area contributed by atoms with E-state index in [2.05, 4.69) is 57.9 Å². The van der Waals surface area contributed by atoms with Gasteiger partial charge in [0, 0.05) is 69.3 Å². The number of pyridine rings is 1.